The van der Waals surface area contributed by atoms with Gasteiger partial charge in [0.15, 0.2) is 0 Å². The summed E-state index contributed by atoms with van der Waals surface area (Å²) in [6.07, 6.45) is 1.10. The summed E-state index contributed by atoms with van der Waals surface area (Å²) in [5, 5.41) is 2.97. The second-order valence-electron chi connectivity index (χ2n) is 5.85. The minimum Gasteiger partial charge on any atom is -0.377 e. The third kappa shape index (κ3) is 4.92. The highest BCUT2D eigenvalue weighted by molar-refractivity contribution is 6.85. The van der Waals surface area contributed by atoms with Gasteiger partial charge in [0.25, 0.3) is 0 Å². The molecule has 3 aromatic rings. The topological polar surface area (TPSA) is 9.23 Å². The predicted molar refractivity (Wildman–Crippen MR) is 103 cm³/mol. The molecule has 121 valence electrons. The number of hydrogen-bond donors (Lipinski definition) is 0. The van der Waals surface area contributed by atoms with Crippen LogP contribution in [-0.4, -0.2) is 15.4 Å². The molecule has 0 atom stereocenters. The van der Waals surface area contributed by atoms with Crippen molar-refractivity contribution in [2.75, 3.05) is 6.61 Å². The molecule has 0 saturated carbocycles. The molecule has 0 N–H and O–H groups in total. The van der Waals surface area contributed by atoms with E-state index in [0.717, 1.165) is 13.0 Å². The predicted octanol–water partition coefficient (Wildman–Crippen LogP) is 3.90. The fourth-order valence-electron chi connectivity index (χ4n) is 2.85. The highest BCUT2D eigenvalue weighted by Crippen LogP contribution is 2.05. The van der Waals surface area contributed by atoms with Crippen molar-refractivity contribution < 1.29 is 4.74 Å². The molecule has 0 aliphatic rings. The van der Waals surface area contributed by atoms with Crippen LogP contribution in [0, 0.1) is 0 Å². The normalized spacial score (nSPS) is 10.9. The third-order valence-electron chi connectivity index (χ3n) is 4.07. The van der Waals surface area contributed by atoms with Gasteiger partial charge in [0, 0.05) is 6.61 Å². The molecular weight excluding hydrogens is 308 g/mol. The summed E-state index contributed by atoms with van der Waals surface area (Å²) in [5.41, 5.74) is 1.24. The standard InChI is InChI=1S/C22H23OSi/c1-4-11-20(12-5-1)19-23-17-10-18-24(21-13-6-2-7-14-21)22-15-8-3-9-16-22/h1-9,11-16H,10,17-19H2. The molecule has 0 unspecified atom stereocenters. The second kappa shape index (κ2) is 9.21. The van der Waals surface area contributed by atoms with Gasteiger partial charge in [-0.15, -0.1) is 0 Å². The van der Waals surface area contributed by atoms with Gasteiger partial charge in [0.05, 0.1) is 6.61 Å². The third-order valence-corrected chi connectivity index (χ3v) is 6.99. The molecule has 3 rings (SSSR count). The van der Waals surface area contributed by atoms with E-state index in [1.54, 1.807) is 0 Å². The molecule has 0 saturated heterocycles. The molecule has 0 fully saturated rings. The Bertz CT molecular complexity index is 658. The molecule has 0 spiro atoms. The van der Waals surface area contributed by atoms with Crippen molar-refractivity contribution in [1.29, 1.82) is 0 Å². The largest absolute Gasteiger partial charge is 0.377 e. The summed E-state index contributed by atoms with van der Waals surface area (Å²) in [4.78, 5) is 0. The van der Waals surface area contributed by atoms with Gasteiger partial charge in [0.1, 0.15) is 8.80 Å². The lowest BCUT2D eigenvalue weighted by Crippen LogP contribution is -2.41. The first-order valence-corrected chi connectivity index (χ1v) is 10.2. The van der Waals surface area contributed by atoms with Crippen LogP contribution in [0.5, 0.6) is 0 Å². The van der Waals surface area contributed by atoms with Crippen LogP contribution in [0.25, 0.3) is 0 Å². The van der Waals surface area contributed by atoms with Crippen molar-refractivity contribution in [1.82, 2.24) is 0 Å². The maximum absolute atomic E-state index is 5.86. The monoisotopic (exact) mass is 331 g/mol. The Morgan fingerprint density at radius 3 is 1.67 bits per heavy atom. The van der Waals surface area contributed by atoms with Gasteiger partial charge in [-0.2, -0.15) is 0 Å². The van der Waals surface area contributed by atoms with E-state index in [4.69, 9.17) is 4.74 Å². The highest BCUT2D eigenvalue weighted by atomic mass is 28.3. The van der Waals surface area contributed by atoms with E-state index in [9.17, 15) is 0 Å². The Kier molecular flexibility index (Phi) is 6.40. The summed E-state index contributed by atoms with van der Waals surface area (Å²) >= 11 is 0. The second-order valence-corrected chi connectivity index (χ2v) is 8.46. The van der Waals surface area contributed by atoms with E-state index in [2.05, 4.69) is 84.9 Å². The molecule has 24 heavy (non-hydrogen) atoms. The Balaban J connectivity index is 1.55. The minimum atomic E-state index is -0.724. The lowest BCUT2D eigenvalue weighted by Gasteiger charge is -2.16. The summed E-state index contributed by atoms with van der Waals surface area (Å²) in [6.45, 7) is 1.53. The average molecular weight is 332 g/mol. The first-order chi connectivity index (χ1) is 11.9. The molecular formula is C22H23OSi. The summed E-state index contributed by atoms with van der Waals surface area (Å²) < 4.78 is 5.86. The van der Waals surface area contributed by atoms with Crippen LogP contribution in [0.15, 0.2) is 91.0 Å². The van der Waals surface area contributed by atoms with Crippen molar-refractivity contribution in [2.24, 2.45) is 0 Å². The fraction of sp³-hybridized carbons (Fsp3) is 0.182. The van der Waals surface area contributed by atoms with E-state index in [1.807, 2.05) is 6.07 Å². The maximum Gasteiger partial charge on any atom is 0.121 e. The van der Waals surface area contributed by atoms with Crippen LogP contribution in [0.2, 0.25) is 6.04 Å². The van der Waals surface area contributed by atoms with Crippen LogP contribution in [-0.2, 0) is 11.3 Å². The van der Waals surface area contributed by atoms with Gasteiger partial charge in [-0.25, -0.2) is 0 Å². The van der Waals surface area contributed by atoms with Crippen LogP contribution in [0.1, 0.15) is 12.0 Å². The summed E-state index contributed by atoms with van der Waals surface area (Å²) in [6, 6.07) is 33.4. The number of ether oxygens (including phenoxy) is 1. The average Bonchev–Trinajstić information content (AvgIpc) is 2.67. The molecule has 1 radical (unpaired) electrons. The van der Waals surface area contributed by atoms with Gasteiger partial charge in [-0.1, -0.05) is 101 Å². The number of hydrogen-bond acceptors (Lipinski definition) is 1. The van der Waals surface area contributed by atoms with Crippen molar-refractivity contribution in [3.63, 3.8) is 0 Å². The van der Waals surface area contributed by atoms with Crippen molar-refractivity contribution in [3.8, 4) is 0 Å². The van der Waals surface area contributed by atoms with Crippen molar-refractivity contribution >= 4 is 19.2 Å². The first-order valence-electron chi connectivity index (χ1n) is 8.52. The van der Waals surface area contributed by atoms with Crippen LogP contribution in [0.3, 0.4) is 0 Å². The van der Waals surface area contributed by atoms with Gasteiger partial charge in [0.2, 0.25) is 0 Å². The van der Waals surface area contributed by atoms with Crippen LogP contribution >= 0.6 is 0 Å². The van der Waals surface area contributed by atoms with E-state index in [0.29, 0.717) is 6.61 Å². The minimum absolute atomic E-state index is 0.708. The Labute approximate surface area is 146 Å². The summed E-state index contributed by atoms with van der Waals surface area (Å²) in [5.74, 6) is 0. The van der Waals surface area contributed by atoms with Gasteiger partial charge in [-0.05, 0) is 18.0 Å². The molecule has 3 aromatic carbocycles. The van der Waals surface area contributed by atoms with Gasteiger partial charge < -0.3 is 4.74 Å². The molecule has 1 nitrogen and oxygen atoms in total. The van der Waals surface area contributed by atoms with Crippen molar-refractivity contribution in [3.05, 3.63) is 96.6 Å². The number of rotatable bonds is 8. The van der Waals surface area contributed by atoms with Gasteiger partial charge in [-0.3, -0.25) is 0 Å². The lowest BCUT2D eigenvalue weighted by atomic mass is 10.2. The fourth-order valence-corrected chi connectivity index (χ4v) is 5.45. The van der Waals surface area contributed by atoms with E-state index >= 15 is 0 Å². The van der Waals surface area contributed by atoms with Crippen molar-refractivity contribution in [2.45, 2.75) is 19.1 Å². The molecule has 0 aliphatic carbocycles. The quantitative estimate of drug-likeness (QED) is 0.449. The zero-order valence-electron chi connectivity index (χ0n) is 13.9. The molecule has 2 heteroatoms. The Hall–Kier alpha value is -2.16. The molecule has 0 bridgehead atoms. The Morgan fingerprint density at radius 1 is 0.625 bits per heavy atom. The van der Waals surface area contributed by atoms with E-state index < -0.39 is 8.80 Å². The Morgan fingerprint density at radius 2 is 1.12 bits per heavy atom. The summed E-state index contributed by atoms with van der Waals surface area (Å²) in [7, 11) is -0.724. The van der Waals surface area contributed by atoms with E-state index in [1.165, 1.54) is 22.0 Å². The first kappa shape index (κ1) is 16.7. The van der Waals surface area contributed by atoms with Crippen LogP contribution < -0.4 is 10.4 Å². The zero-order chi connectivity index (χ0) is 16.5. The number of benzene rings is 3. The molecule has 0 aromatic heterocycles. The SMILES string of the molecule is c1ccc(COCCC[Si](c2ccccc2)c2ccccc2)cc1. The van der Waals surface area contributed by atoms with Gasteiger partial charge >= 0.3 is 0 Å². The lowest BCUT2D eigenvalue weighted by molar-refractivity contribution is 0.121. The zero-order valence-corrected chi connectivity index (χ0v) is 14.9. The van der Waals surface area contributed by atoms with Crippen LogP contribution in [0.4, 0.5) is 0 Å². The molecule has 0 amide bonds. The highest BCUT2D eigenvalue weighted by Gasteiger charge is 2.15. The molecule has 0 aliphatic heterocycles. The maximum atomic E-state index is 5.86. The smallest absolute Gasteiger partial charge is 0.121 e. The van der Waals surface area contributed by atoms with E-state index in [-0.39, 0.29) is 0 Å². The molecule has 0 heterocycles.